The van der Waals surface area contributed by atoms with Gasteiger partial charge < -0.3 is 14.6 Å². The van der Waals surface area contributed by atoms with E-state index in [1.54, 1.807) is 0 Å². The SMILES string of the molecule is CCC(C)OC(O)CC1CO1. The van der Waals surface area contributed by atoms with E-state index in [9.17, 15) is 5.11 Å². The maximum atomic E-state index is 9.26. The molecule has 0 aromatic heterocycles. The summed E-state index contributed by atoms with van der Waals surface area (Å²) in [6.07, 6.45) is 1.29. The van der Waals surface area contributed by atoms with Gasteiger partial charge in [0, 0.05) is 6.42 Å². The second-order valence-corrected chi connectivity index (χ2v) is 3.00. The van der Waals surface area contributed by atoms with E-state index in [1.165, 1.54) is 0 Å². The molecular formula is C8H16O3. The zero-order valence-electron chi connectivity index (χ0n) is 7.12. The Kier molecular flexibility index (Phi) is 3.30. The fourth-order valence-corrected chi connectivity index (χ4v) is 0.849. The lowest BCUT2D eigenvalue weighted by Gasteiger charge is -2.15. The third kappa shape index (κ3) is 3.70. The highest BCUT2D eigenvalue weighted by Gasteiger charge is 2.26. The van der Waals surface area contributed by atoms with Crippen molar-refractivity contribution in [3.63, 3.8) is 0 Å². The Morgan fingerprint density at radius 1 is 1.73 bits per heavy atom. The number of hydrogen-bond acceptors (Lipinski definition) is 3. The summed E-state index contributed by atoms with van der Waals surface area (Å²) in [5.41, 5.74) is 0. The van der Waals surface area contributed by atoms with Gasteiger partial charge in [0.1, 0.15) is 0 Å². The molecule has 1 N–H and O–H groups in total. The maximum Gasteiger partial charge on any atom is 0.157 e. The summed E-state index contributed by atoms with van der Waals surface area (Å²) in [6, 6.07) is 0. The minimum absolute atomic E-state index is 0.142. The van der Waals surface area contributed by atoms with Crippen LogP contribution in [0.2, 0.25) is 0 Å². The molecule has 0 aliphatic carbocycles. The van der Waals surface area contributed by atoms with E-state index in [-0.39, 0.29) is 12.2 Å². The molecule has 1 saturated heterocycles. The van der Waals surface area contributed by atoms with Crippen LogP contribution in [0.5, 0.6) is 0 Å². The number of aliphatic hydroxyl groups excluding tert-OH is 1. The zero-order valence-corrected chi connectivity index (χ0v) is 7.12. The first-order chi connectivity index (χ1) is 5.22. The Balaban J connectivity index is 2.03. The van der Waals surface area contributed by atoms with Gasteiger partial charge in [-0.05, 0) is 13.3 Å². The molecule has 11 heavy (non-hydrogen) atoms. The van der Waals surface area contributed by atoms with Gasteiger partial charge in [0.2, 0.25) is 0 Å². The predicted octanol–water partition coefficient (Wildman–Crippen LogP) is 0.909. The van der Waals surface area contributed by atoms with E-state index in [0.29, 0.717) is 6.42 Å². The van der Waals surface area contributed by atoms with Crippen LogP contribution in [0.15, 0.2) is 0 Å². The van der Waals surface area contributed by atoms with Crippen LogP contribution in [0.3, 0.4) is 0 Å². The molecule has 3 heteroatoms. The van der Waals surface area contributed by atoms with Gasteiger partial charge in [0.05, 0.1) is 18.8 Å². The van der Waals surface area contributed by atoms with Gasteiger partial charge in [0.15, 0.2) is 6.29 Å². The second kappa shape index (κ2) is 4.04. The smallest absolute Gasteiger partial charge is 0.157 e. The number of epoxide rings is 1. The predicted molar refractivity (Wildman–Crippen MR) is 41.2 cm³/mol. The molecule has 3 atom stereocenters. The highest BCUT2D eigenvalue weighted by molar-refractivity contribution is 4.70. The summed E-state index contributed by atoms with van der Waals surface area (Å²) in [5.74, 6) is 0. The van der Waals surface area contributed by atoms with E-state index < -0.39 is 6.29 Å². The van der Waals surface area contributed by atoms with Crippen molar-refractivity contribution in [3.05, 3.63) is 0 Å². The van der Waals surface area contributed by atoms with Crippen LogP contribution < -0.4 is 0 Å². The molecule has 66 valence electrons. The van der Waals surface area contributed by atoms with Gasteiger partial charge in [0.25, 0.3) is 0 Å². The minimum atomic E-state index is -0.641. The fourth-order valence-electron chi connectivity index (χ4n) is 0.849. The van der Waals surface area contributed by atoms with Crippen molar-refractivity contribution in [2.24, 2.45) is 0 Å². The van der Waals surface area contributed by atoms with Crippen molar-refractivity contribution >= 4 is 0 Å². The number of rotatable bonds is 5. The van der Waals surface area contributed by atoms with E-state index >= 15 is 0 Å². The fraction of sp³-hybridized carbons (Fsp3) is 1.00. The lowest BCUT2D eigenvalue weighted by atomic mass is 10.3. The van der Waals surface area contributed by atoms with Crippen LogP contribution in [-0.4, -0.2) is 30.2 Å². The van der Waals surface area contributed by atoms with Crippen molar-refractivity contribution in [2.75, 3.05) is 6.61 Å². The Labute approximate surface area is 67.3 Å². The third-order valence-corrected chi connectivity index (χ3v) is 1.83. The molecule has 0 aromatic carbocycles. The van der Waals surface area contributed by atoms with Crippen molar-refractivity contribution in [1.29, 1.82) is 0 Å². The first kappa shape index (κ1) is 8.97. The lowest BCUT2D eigenvalue weighted by Crippen LogP contribution is -2.20. The average molecular weight is 160 g/mol. The quantitative estimate of drug-likeness (QED) is 0.480. The van der Waals surface area contributed by atoms with Gasteiger partial charge in [-0.15, -0.1) is 0 Å². The maximum absolute atomic E-state index is 9.26. The topological polar surface area (TPSA) is 42.0 Å². The van der Waals surface area contributed by atoms with Crippen molar-refractivity contribution in [3.8, 4) is 0 Å². The molecule has 1 aliphatic heterocycles. The molecular weight excluding hydrogens is 144 g/mol. The molecule has 0 bridgehead atoms. The highest BCUT2D eigenvalue weighted by Crippen LogP contribution is 2.17. The van der Waals surface area contributed by atoms with Gasteiger partial charge in [-0.3, -0.25) is 0 Å². The Morgan fingerprint density at radius 2 is 2.36 bits per heavy atom. The standard InChI is InChI=1S/C8H16O3/c1-3-6(2)11-8(9)4-7-5-10-7/h6-9H,3-5H2,1-2H3. The summed E-state index contributed by atoms with van der Waals surface area (Å²) in [5, 5.41) is 9.26. The van der Waals surface area contributed by atoms with Crippen LogP contribution in [0.4, 0.5) is 0 Å². The van der Waals surface area contributed by atoms with Crippen LogP contribution in [0.25, 0.3) is 0 Å². The molecule has 3 nitrogen and oxygen atoms in total. The van der Waals surface area contributed by atoms with E-state index in [1.807, 2.05) is 13.8 Å². The number of ether oxygens (including phenoxy) is 2. The Bertz CT molecular complexity index is 112. The van der Waals surface area contributed by atoms with Crippen LogP contribution >= 0.6 is 0 Å². The monoisotopic (exact) mass is 160 g/mol. The molecule has 0 saturated carbocycles. The molecule has 1 aliphatic rings. The number of hydrogen-bond donors (Lipinski definition) is 1. The van der Waals surface area contributed by atoms with Crippen molar-refractivity contribution < 1.29 is 14.6 Å². The molecule has 0 spiro atoms. The molecule has 3 unspecified atom stereocenters. The van der Waals surface area contributed by atoms with Gasteiger partial charge in [-0.1, -0.05) is 6.92 Å². The van der Waals surface area contributed by atoms with Crippen LogP contribution in [0, 0.1) is 0 Å². The second-order valence-electron chi connectivity index (χ2n) is 3.00. The molecule has 0 radical (unpaired) electrons. The summed E-state index contributed by atoms with van der Waals surface area (Å²) >= 11 is 0. The zero-order chi connectivity index (χ0) is 8.27. The molecule has 1 heterocycles. The van der Waals surface area contributed by atoms with Gasteiger partial charge >= 0.3 is 0 Å². The summed E-state index contributed by atoms with van der Waals surface area (Å²) < 4.78 is 10.2. The van der Waals surface area contributed by atoms with E-state index in [4.69, 9.17) is 9.47 Å². The van der Waals surface area contributed by atoms with E-state index in [0.717, 1.165) is 13.0 Å². The third-order valence-electron chi connectivity index (χ3n) is 1.83. The van der Waals surface area contributed by atoms with E-state index in [2.05, 4.69) is 0 Å². The van der Waals surface area contributed by atoms with Crippen molar-refractivity contribution in [2.45, 2.75) is 45.2 Å². The highest BCUT2D eigenvalue weighted by atomic mass is 16.6. The van der Waals surface area contributed by atoms with Crippen LogP contribution in [0.1, 0.15) is 26.7 Å². The summed E-state index contributed by atoms with van der Waals surface area (Å²) in [6.45, 7) is 4.77. The number of aliphatic hydroxyl groups is 1. The summed E-state index contributed by atoms with van der Waals surface area (Å²) in [4.78, 5) is 0. The normalized spacial score (nSPS) is 28.1. The lowest BCUT2D eigenvalue weighted by molar-refractivity contribution is -0.136. The first-order valence-corrected chi connectivity index (χ1v) is 4.17. The molecule has 1 rings (SSSR count). The molecule has 0 amide bonds. The van der Waals surface area contributed by atoms with Crippen molar-refractivity contribution in [1.82, 2.24) is 0 Å². The minimum Gasteiger partial charge on any atom is -0.373 e. The van der Waals surface area contributed by atoms with Crippen LogP contribution in [-0.2, 0) is 9.47 Å². The Morgan fingerprint density at radius 3 is 2.82 bits per heavy atom. The average Bonchev–Trinajstić information content (AvgIpc) is 2.71. The molecule has 0 aromatic rings. The van der Waals surface area contributed by atoms with Gasteiger partial charge in [-0.2, -0.15) is 0 Å². The molecule has 1 fully saturated rings. The largest absolute Gasteiger partial charge is 0.373 e. The Hall–Kier alpha value is -0.120. The summed E-state index contributed by atoms with van der Waals surface area (Å²) in [7, 11) is 0. The first-order valence-electron chi connectivity index (χ1n) is 4.17. The van der Waals surface area contributed by atoms with Gasteiger partial charge in [-0.25, -0.2) is 0 Å².